The molecule has 0 aliphatic heterocycles. The van der Waals surface area contributed by atoms with Crippen LogP contribution in [0.3, 0.4) is 0 Å². The number of terminal acetylenes is 1. The van der Waals surface area contributed by atoms with Crippen LogP contribution in [0, 0.1) is 26.7 Å². The fourth-order valence-electron chi connectivity index (χ4n) is 0.424. The van der Waals surface area contributed by atoms with Gasteiger partial charge in [0.1, 0.15) is 0 Å². The number of rotatable bonds is 0. The van der Waals surface area contributed by atoms with Crippen LogP contribution in [0.2, 0.25) is 0 Å². The average molecular weight is 138 g/mol. The van der Waals surface area contributed by atoms with Crippen molar-refractivity contribution in [2.24, 2.45) is 0 Å². The van der Waals surface area contributed by atoms with Gasteiger partial charge in [0.2, 0.25) is 0 Å². The zero-order valence-electron chi connectivity index (χ0n) is 5.72. The molecule has 1 heterocycles. The summed E-state index contributed by atoms with van der Waals surface area (Å²) < 4.78 is 0. The quantitative estimate of drug-likeness (QED) is 0.483. The van der Waals surface area contributed by atoms with E-state index in [1.165, 1.54) is 11.1 Å². The van der Waals surface area contributed by atoms with E-state index in [9.17, 15) is 0 Å². The van der Waals surface area contributed by atoms with E-state index in [-0.39, 0.29) is 0 Å². The summed E-state index contributed by atoms with van der Waals surface area (Å²) in [5, 5.41) is 4.32. The van der Waals surface area contributed by atoms with Gasteiger partial charge in [0.25, 0.3) is 0 Å². The van der Waals surface area contributed by atoms with Crippen LogP contribution in [0.4, 0.5) is 0 Å². The van der Waals surface area contributed by atoms with Gasteiger partial charge in [-0.15, -0.1) is 12.8 Å². The lowest BCUT2D eigenvalue weighted by Gasteiger charge is -1.79. The third-order valence-corrected chi connectivity index (χ3v) is 2.09. The topological polar surface area (TPSA) is 0 Å². The van der Waals surface area contributed by atoms with E-state index in [4.69, 9.17) is 0 Å². The summed E-state index contributed by atoms with van der Waals surface area (Å²) >= 11 is 1.77. The van der Waals surface area contributed by atoms with Gasteiger partial charge >= 0.3 is 0 Å². The minimum absolute atomic E-state index is 1.41. The highest BCUT2D eigenvalue weighted by atomic mass is 32.1. The Labute approximate surface area is 60.5 Å². The molecule has 0 radical (unpaired) electrons. The van der Waals surface area contributed by atoms with E-state index < -0.39 is 0 Å². The lowest BCUT2D eigenvalue weighted by atomic mass is 10.2. The Morgan fingerprint density at radius 2 is 1.44 bits per heavy atom. The Balaban J connectivity index is 0.000000291. The average Bonchev–Trinajstić information content (AvgIpc) is 2.23. The molecule has 0 amide bonds. The van der Waals surface area contributed by atoms with Gasteiger partial charge in [0.15, 0.2) is 0 Å². The second-order valence-corrected chi connectivity index (χ2v) is 2.48. The van der Waals surface area contributed by atoms with E-state index in [0.717, 1.165) is 0 Å². The van der Waals surface area contributed by atoms with Gasteiger partial charge < -0.3 is 0 Å². The van der Waals surface area contributed by atoms with Crippen LogP contribution in [0.5, 0.6) is 0 Å². The van der Waals surface area contributed by atoms with Crippen molar-refractivity contribution in [3.63, 3.8) is 0 Å². The van der Waals surface area contributed by atoms with E-state index in [0.29, 0.717) is 0 Å². The Bertz CT molecular complexity index is 167. The predicted octanol–water partition coefficient (Wildman–Crippen LogP) is 2.61. The van der Waals surface area contributed by atoms with E-state index >= 15 is 0 Å². The van der Waals surface area contributed by atoms with Crippen LogP contribution in [0.1, 0.15) is 11.1 Å². The lowest BCUT2D eigenvalue weighted by molar-refractivity contribution is 1.41. The zero-order valence-corrected chi connectivity index (χ0v) is 6.53. The van der Waals surface area contributed by atoms with Crippen LogP contribution >= 0.6 is 11.3 Å². The molecular weight excluding hydrogens is 128 g/mol. The zero-order chi connectivity index (χ0) is 7.28. The molecule has 1 aromatic rings. The summed E-state index contributed by atoms with van der Waals surface area (Å²) in [7, 11) is 0. The number of hydrogen-bond acceptors (Lipinski definition) is 1. The fourth-order valence-corrected chi connectivity index (χ4v) is 1.27. The van der Waals surface area contributed by atoms with Gasteiger partial charge in [0, 0.05) is 0 Å². The number of hydrogen-bond donors (Lipinski definition) is 0. The standard InChI is InChI=1S/C6H8S.C2H2/c1-5-3-7-4-6(5)2;1-2/h3-4H,1-2H3;1-2H. The summed E-state index contributed by atoms with van der Waals surface area (Å²) in [4.78, 5) is 0. The third-order valence-electron chi connectivity index (χ3n) is 1.11. The van der Waals surface area contributed by atoms with Crippen molar-refractivity contribution in [1.29, 1.82) is 0 Å². The molecule has 0 N–H and O–H groups in total. The summed E-state index contributed by atoms with van der Waals surface area (Å²) in [6.07, 6.45) is 8.00. The second-order valence-electron chi connectivity index (χ2n) is 1.74. The molecule has 0 aliphatic carbocycles. The molecule has 0 nitrogen and oxygen atoms in total. The molecule has 1 aromatic heterocycles. The van der Waals surface area contributed by atoms with Crippen molar-refractivity contribution in [2.75, 3.05) is 0 Å². The molecule has 0 saturated heterocycles. The highest BCUT2D eigenvalue weighted by Gasteiger charge is 1.86. The molecule has 0 bridgehead atoms. The van der Waals surface area contributed by atoms with Crippen LogP contribution in [0.25, 0.3) is 0 Å². The number of thiophene rings is 1. The molecule has 0 fully saturated rings. The molecule has 0 atom stereocenters. The molecule has 0 aliphatic rings. The smallest absolute Gasteiger partial charge is 0.00613 e. The maximum Gasteiger partial charge on any atom is -0.00613 e. The van der Waals surface area contributed by atoms with Crippen molar-refractivity contribution < 1.29 is 0 Å². The van der Waals surface area contributed by atoms with E-state index in [1.54, 1.807) is 11.3 Å². The second kappa shape index (κ2) is 4.17. The van der Waals surface area contributed by atoms with Gasteiger partial charge in [0.05, 0.1) is 0 Å². The van der Waals surface area contributed by atoms with Crippen LogP contribution in [0.15, 0.2) is 10.8 Å². The van der Waals surface area contributed by atoms with Crippen molar-refractivity contribution in [2.45, 2.75) is 13.8 Å². The van der Waals surface area contributed by atoms with Crippen molar-refractivity contribution in [3.8, 4) is 12.8 Å². The Morgan fingerprint density at radius 3 is 1.56 bits per heavy atom. The SMILES string of the molecule is C#C.Cc1cscc1C. The van der Waals surface area contributed by atoms with Crippen LogP contribution < -0.4 is 0 Å². The molecule has 9 heavy (non-hydrogen) atoms. The molecule has 1 heteroatoms. The molecule has 0 aromatic carbocycles. The summed E-state index contributed by atoms with van der Waals surface area (Å²) in [6, 6.07) is 0. The Morgan fingerprint density at radius 1 is 1.11 bits per heavy atom. The van der Waals surface area contributed by atoms with Gasteiger partial charge in [-0.1, -0.05) is 0 Å². The van der Waals surface area contributed by atoms with Crippen LogP contribution in [-0.2, 0) is 0 Å². The molecule has 0 saturated carbocycles. The molecule has 1 rings (SSSR count). The predicted molar refractivity (Wildman–Crippen MR) is 43.7 cm³/mol. The largest absolute Gasteiger partial charge is 0.152 e. The highest BCUT2D eigenvalue weighted by molar-refractivity contribution is 7.08. The highest BCUT2D eigenvalue weighted by Crippen LogP contribution is 2.10. The molecular formula is C8H10S. The Hall–Kier alpha value is -0.740. The summed E-state index contributed by atoms with van der Waals surface area (Å²) in [5.41, 5.74) is 2.81. The maximum absolute atomic E-state index is 4.00. The first kappa shape index (κ1) is 8.26. The normalized spacial score (nSPS) is 7.56. The third kappa shape index (κ3) is 2.34. The molecule has 48 valence electrons. The van der Waals surface area contributed by atoms with Gasteiger partial charge in [-0.05, 0) is 35.7 Å². The molecule has 0 spiro atoms. The van der Waals surface area contributed by atoms with Crippen molar-refractivity contribution in [3.05, 3.63) is 21.9 Å². The minimum atomic E-state index is 1.41. The monoisotopic (exact) mass is 138 g/mol. The summed E-state index contributed by atoms with van der Waals surface area (Å²) in [5.74, 6) is 0. The fraction of sp³-hybridized carbons (Fsp3) is 0.250. The minimum Gasteiger partial charge on any atom is -0.152 e. The summed E-state index contributed by atoms with van der Waals surface area (Å²) in [6.45, 7) is 4.26. The van der Waals surface area contributed by atoms with E-state index in [1.807, 2.05) is 0 Å². The van der Waals surface area contributed by atoms with Crippen molar-refractivity contribution >= 4 is 11.3 Å². The van der Waals surface area contributed by atoms with Gasteiger partial charge in [-0.3, -0.25) is 0 Å². The van der Waals surface area contributed by atoms with Crippen molar-refractivity contribution in [1.82, 2.24) is 0 Å². The first-order valence-corrected chi connectivity index (χ1v) is 3.57. The maximum atomic E-state index is 4.00. The van der Waals surface area contributed by atoms with E-state index in [2.05, 4.69) is 37.5 Å². The first-order chi connectivity index (χ1) is 4.30. The number of aryl methyl sites for hydroxylation is 2. The van der Waals surface area contributed by atoms with Crippen LogP contribution in [-0.4, -0.2) is 0 Å². The lowest BCUT2D eigenvalue weighted by Crippen LogP contribution is -1.63. The van der Waals surface area contributed by atoms with Gasteiger partial charge in [-0.2, -0.15) is 11.3 Å². The Kier molecular flexibility index (Phi) is 3.83. The van der Waals surface area contributed by atoms with Gasteiger partial charge in [-0.25, -0.2) is 0 Å². The molecule has 0 unspecified atom stereocenters. The first-order valence-electron chi connectivity index (χ1n) is 2.63.